The van der Waals surface area contributed by atoms with E-state index in [2.05, 4.69) is 31.2 Å². The van der Waals surface area contributed by atoms with Crippen molar-refractivity contribution in [2.75, 3.05) is 6.54 Å². The molecule has 94 valence electrons. The van der Waals surface area contributed by atoms with Crippen LogP contribution in [0.3, 0.4) is 0 Å². The van der Waals surface area contributed by atoms with Crippen LogP contribution in [0.5, 0.6) is 0 Å². The van der Waals surface area contributed by atoms with E-state index in [-0.39, 0.29) is 5.82 Å². The minimum Gasteiger partial charge on any atom is -0.347 e. The summed E-state index contributed by atoms with van der Waals surface area (Å²) in [5.41, 5.74) is 1.57. The number of nitrogens with one attached hydrogen (secondary N) is 2. The molecule has 2 heterocycles. The normalized spacial score (nSPS) is 19.3. The van der Waals surface area contributed by atoms with Gasteiger partial charge in [0.2, 0.25) is 0 Å². The van der Waals surface area contributed by atoms with E-state index < -0.39 is 0 Å². The van der Waals surface area contributed by atoms with Crippen molar-refractivity contribution in [2.45, 2.75) is 18.9 Å². The van der Waals surface area contributed by atoms with Crippen LogP contribution >= 0.6 is 15.9 Å². The molecule has 1 atom stereocenters. The molecule has 0 radical (unpaired) electrons. The third-order valence-corrected chi connectivity index (χ3v) is 3.85. The molecule has 3 nitrogen and oxygen atoms in total. The summed E-state index contributed by atoms with van der Waals surface area (Å²) in [5, 5.41) is 3.38. The average molecular weight is 310 g/mol. The summed E-state index contributed by atoms with van der Waals surface area (Å²) < 4.78 is 13.9. The van der Waals surface area contributed by atoms with Crippen LogP contribution in [-0.4, -0.2) is 16.5 Å². The lowest BCUT2D eigenvalue weighted by Crippen LogP contribution is -2.14. The molecule has 1 aliphatic heterocycles. The fourth-order valence-electron chi connectivity index (χ4n) is 2.24. The second kappa shape index (κ2) is 4.82. The SMILES string of the molecule is Fc1cc(-c2c[nH]c([C@@H]3CCCN3)n2)ccc1Br. The first-order valence-electron chi connectivity index (χ1n) is 5.98. The van der Waals surface area contributed by atoms with Crippen LogP contribution in [0.25, 0.3) is 11.3 Å². The van der Waals surface area contributed by atoms with Gasteiger partial charge in [-0.3, -0.25) is 0 Å². The van der Waals surface area contributed by atoms with Crippen molar-refractivity contribution < 1.29 is 4.39 Å². The zero-order chi connectivity index (χ0) is 12.5. The van der Waals surface area contributed by atoms with Gasteiger partial charge >= 0.3 is 0 Å². The molecule has 0 amide bonds. The fourth-order valence-corrected chi connectivity index (χ4v) is 2.48. The number of aromatic amines is 1. The Morgan fingerprint density at radius 2 is 2.28 bits per heavy atom. The lowest BCUT2D eigenvalue weighted by Gasteiger charge is -2.05. The van der Waals surface area contributed by atoms with Gasteiger partial charge in [0.05, 0.1) is 16.2 Å². The number of halogens is 2. The molecule has 3 rings (SSSR count). The van der Waals surface area contributed by atoms with E-state index >= 15 is 0 Å². The Bertz CT molecular complexity index is 561. The van der Waals surface area contributed by atoms with Gasteiger partial charge in [-0.05, 0) is 47.4 Å². The second-order valence-electron chi connectivity index (χ2n) is 4.45. The summed E-state index contributed by atoms with van der Waals surface area (Å²) in [5.74, 6) is 0.668. The predicted octanol–water partition coefficient (Wildman–Crippen LogP) is 3.40. The minimum atomic E-state index is -0.268. The second-order valence-corrected chi connectivity index (χ2v) is 5.30. The van der Waals surface area contributed by atoms with Crippen molar-refractivity contribution in [3.63, 3.8) is 0 Å². The first-order chi connectivity index (χ1) is 8.74. The molecule has 0 saturated carbocycles. The Balaban J connectivity index is 1.89. The Labute approximate surface area is 113 Å². The van der Waals surface area contributed by atoms with Gasteiger partial charge in [-0.25, -0.2) is 9.37 Å². The molecule has 18 heavy (non-hydrogen) atoms. The van der Waals surface area contributed by atoms with Gasteiger partial charge in [0.1, 0.15) is 11.6 Å². The lowest BCUT2D eigenvalue weighted by atomic mass is 10.2. The van der Waals surface area contributed by atoms with Crippen molar-refractivity contribution in [1.29, 1.82) is 0 Å². The van der Waals surface area contributed by atoms with Crippen molar-refractivity contribution in [1.82, 2.24) is 15.3 Å². The first-order valence-corrected chi connectivity index (χ1v) is 6.77. The molecular weight excluding hydrogens is 297 g/mol. The molecule has 1 fully saturated rings. The third kappa shape index (κ3) is 2.20. The van der Waals surface area contributed by atoms with Gasteiger partial charge in [-0.2, -0.15) is 0 Å². The summed E-state index contributed by atoms with van der Waals surface area (Å²) in [6, 6.07) is 5.35. The van der Waals surface area contributed by atoms with E-state index in [0.717, 1.165) is 30.0 Å². The zero-order valence-corrected chi connectivity index (χ0v) is 11.3. The summed E-state index contributed by atoms with van der Waals surface area (Å²) >= 11 is 3.15. The number of H-pyrrole nitrogens is 1. The van der Waals surface area contributed by atoms with Gasteiger partial charge in [0.25, 0.3) is 0 Å². The summed E-state index contributed by atoms with van der Waals surface area (Å²) in [4.78, 5) is 7.71. The highest BCUT2D eigenvalue weighted by Gasteiger charge is 2.19. The molecular formula is C13H13BrFN3. The molecule has 1 aliphatic rings. The standard InChI is InChI=1S/C13H13BrFN3/c14-9-4-3-8(6-10(9)15)12-7-17-13(18-12)11-2-1-5-16-11/h3-4,6-7,11,16H,1-2,5H2,(H,17,18)/t11-/m0/s1. The van der Waals surface area contributed by atoms with E-state index in [1.54, 1.807) is 6.07 Å². The molecule has 0 spiro atoms. The first kappa shape index (κ1) is 11.9. The number of hydrogen-bond acceptors (Lipinski definition) is 2. The molecule has 1 aromatic heterocycles. The van der Waals surface area contributed by atoms with Crippen LogP contribution in [0.4, 0.5) is 4.39 Å². The highest BCUT2D eigenvalue weighted by molar-refractivity contribution is 9.10. The van der Waals surface area contributed by atoms with Crippen molar-refractivity contribution in [3.8, 4) is 11.3 Å². The number of imidazole rings is 1. The zero-order valence-electron chi connectivity index (χ0n) is 9.71. The highest BCUT2D eigenvalue weighted by Crippen LogP contribution is 2.26. The molecule has 5 heteroatoms. The van der Waals surface area contributed by atoms with Crippen LogP contribution < -0.4 is 5.32 Å². The van der Waals surface area contributed by atoms with Crippen LogP contribution in [-0.2, 0) is 0 Å². The van der Waals surface area contributed by atoms with E-state index in [0.29, 0.717) is 10.5 Å². The van der Waals surface area contributed by atoms with Gasteiger partial charge in [0.15, 0.2) is 0 Å². The van der Waals surface area contributed by atoms with Crippen molar-refractivity contribution in [2.24, 2.45) is 0 Å². The Morgan fingerprint density at radius 3 is 3.00 bits per heavy atom. The molecule has 1 saturated heterocycles. The van der Waals surface area contributed by atoms with Crippen LogP contribution in [0.1, 0.15) is 24.7 Å². The largest absolute Gasteiger partial charge is 0.347 e. The third-order valence-electron chi connectivity index (χ3n) is 3.20. The average Bonchev–Trinajstić information content (AvgIpc) is 3.01. The van der Waals surface area contributed by atoms with E-state index in [9.17, 15) is 4.39 Å². The number of aromatic nitrogens is 2. The van der Waals surface area contributed by atoms with Gasteiger partial charge in [-0.1, -0.05) is 6.07 Å². The molecule has 2 N–H and O–H groups in total. The maximum absolute atomic E-state index is 13.5. The van der Waals surface area contributed by atoms with E-state index in [1.165, 1.54) is 12.5 Å². The lowest BCUT2D eigenvalue weighted by molar-refractivity contribution is 0.612. The Kier molecular flexibility index (Phi) is 3.18. The maximum atomic E-state index is 13.5. The van der Waals surface area contributed by atoms with Crippen LogP contribution in [0.15, 0.2) is 28.9 Å². The fraction of sp³-hybridized carbons (Fsp3) is 0.308. The van der Waals surface area contributed by atoms with Gasteiger partial charge in [-0.15, -0.1) is 0 Å². The smallest absolute Gasteiger partial charge is 0.138 e. The Hall–Kier alpha value is -1.20. The Morgan fingerprint density at radius 1 is 1.39 bits per heavy atom. The minimum absolute atomic E-state index is 0.268. The summed E-state index contributed by atoms with van der Waals surface area (Å²) in [6.45, 7) is 1.04. The molecule has 0 unspecified atom stereocenters. The number of rotatable bonds is 2. The molecule has 0 bridgehead atoms. The summed E-state index contributed by atoms with van der Waals surface area (Å²) in [7, 11) is 0. The van der Waals surface area contributed by atoms with Gasteiger partial charge in [0, 0.05) is 11.8 Å². The van der Waals surface area contributed by atoms with Crippen molar-refractivity contribution in [3.05, 3.63) is 40.5 Å². The molecule has 2 aromatic rings. The maximum Gasteiger partial charge on any atom is 0.138 e. The number of nitrogens with zero attached hydrogens (tertiary/aromatic N) is 1. The quantitative estimate of drug-likeness (QED) is 0.892. The summed E-state index contributed by atoms with van der Waals surface area (Å²) in [6.07, 6.45) is 4.10. The predicted molar refractivity (Wildman–Crippen MR) is 71.7 cm³/mol. The van der Waals surface area contributed by atoms with Gasteiger partial charge < -0.3 is 10.3 Å². The van der Waals surface area contributed by atoms with E-state index in [4.69, 9.17) is 0 Å². The molecule has 1 aromatic carbocycles. The monoisotopic (exact) mass is 309 g/mol. The van der Waals surface area contributed by atoms with Crippen LogP contribution in [0.2, 0.25) is 0 Å². The highest BCUT2D eigenvalue weighted by atomic mass is 79.9. The number of hydrogen-bond donors (Lipinski definition) is 2. The van der Waals surface area contributed by atoms with Crippen molar-refractivity contribution >= 4 is 15.9 Å². The van der Waals surface area contributed by atoms with E-state index in [1.807, 2.05) is 12.3 Å². The van der Waals surface area contributed by atoms with Crippen LogP contribution in [0, 0.1) is 5.82 Å². The topological polar surface area (TPSA) is 40.7 Å². The number of benzene rings is 1. The molecule has 0 aliphatic carbocycles.